The number of hydrogen-bond donors (Lipinski definition) is 1. The third-order valence-electron chi connectivity index (χ3n) is 5.14. The molecule has 3 aromatic rings. The zero-order valence-corrected chi connectivity index (χ0v) is 18.6. The van der Waals surface area contributed by atoms with Crippen LogP contribution in [0.15, 0.2) is 53.4 Å². The molecule has 0 aliphatic heterocycles. The molecule has 158 valence electrons. The molecule has 1 aliphatic carbocycles. The van der Waals surface area contributed by atoms with Crippen LogP contribution >= 0.6 is 11.3 Å². The molecule has 1 aromatic heterocycles. The first-order chi connectivity index (χ1) is 14.8. The van der Waals surface area contributed by atoms with Crippen molar-refractivity contribution in [2.45, 2.75) is 30.6 Å². The summed E-state index contributed by atoms with van der Waals surface area (Å²) < 4.78 is 34.4. The molecule has 31 heavy (non-hydrogen) atoms. The van der Waals surface area contributed by atoms with E-state index in [1.807, 2.05) is 19.1 Å². The maximum absolute atomic E-state index is 13.5. The molecule has 4 rings (SSSR count). The molecule has 0 unspecified atom stereocenters. The second-order valence-electron chi connectivity index (χ2n) is 7.41. The van der Waals surface area contributed by atoms with Crippen molar-refractivity contribution < 1.29 is 17.9 Å². The Labute approximate surface area is 185 Å². The Morgan fingerprint density at radius 1 is 1.16 bits per heavy atom. The molecule has 1 aliphatic rings. The van der Waals surface area contributed by atoms with E-state index < -0.39 is 16.0 Å². The van der Waals surface area contributed by atoms with E-state index in [0.717, 1.165) is 22.6 Å². The number of sulfonamides is 1. The first-order valence-electron chi connectivity index (χ1n) is 9.68. The lowest BCUT2D eigenvalue weighted by Gasteiger charge is -2.16. The van der Waals surface area contributed by atoms with Crippen molar-refractivity contribution in [3.63, 3.8) is 0 Å². The first kappa shape index (κ1) is 21.1. The highest BCUT2D eigenvalue weighted by molar-refractivity contribution is 7.92. The van der Waals surface area contributed by atoms with Crippen LogP contribution in [0.1, 0.15) is 45.1 Å². The summed E-state index contributed by atoms with van der Waals surface area (Å²) >= 11 is 1.54. The highest BCUT2D eigenvalue weighted by Crippen LogP contribution is 2.44. The summed E-state index contributed by atoms with van der Waals surface area (Å²) in [5.41, 5.74) is 2.22. The molecule has 1 fully saturated rings. The average molecular weight is 453 g/mol. The Balaban J connectivity index is 1.81. The SMILES string of the molecule is COC(=O)c1ccc(C2CC2)c(S(=O)(=O)Nc2cc(C#N)ccc2-c2ccc(C)s2)c1. The van der Waals surface area contributed by atoms with Gasteiger partial charge in [0.05, 0.1) is 34.9 Å². The third-order valence-corrected chi connectivity index (χ3v) is 7.60. The van der Waals surface area contributed by atoms with Crippen molar-refractivity contribution in [3.8, 4) is 16.5 Å². The van der Waals surface area contributed by atoms with Crippen molar-refractivity contribution in [2.24, 2.45) is 0 Å². The van der Waals surface area contributed by atoms with Gasteiger partial charge >= 0.3 is 5.97 Å². The number of carbonyl (C=O) groups excluding carboxylic acids is 1. The fraction of sp³-hybridized carbons (Fsp3) is 0.217. The number of nitrogens with zero attached hydrogens (tertiary/aromatic N) is 1. The number of anilines is 1. The predicted molar refractivity (Wildman–Crippen MR) is 120 cm³/mol. The number of benzene rings is 2. The van der Waals surface area contributed by atoms with Crippen LogP contribution in [0.3, 0.4) is 0 Å². The Morgan fingerprint density at radius 3 is 2.55 bits per heavy atom. The largest absolute Gasteiger partial charge is 0.465 e. The predicted octanol–water partition coefficient (Wildman–Crippen LogP) is 5.06. The van der Waals surface area contributed by atoms with Gasteiger partial charge in [0.15, 0.2) is 0 Å². The van der Waals surface area contributed by atoms with Crippen molar-refractivity contribution in [2.75, 3.05) is 11.8 Å². The van der Waals surface area contributed by atoms with E-state index in [0.29, 0.717) is 22.4 Å². The average Bonchev–Trinajstić information content (AvgIpc) is 3.53. The van der Waals surface area contributed by atoms with Gasteiger partial charge in [-0.3, -0.25) is 4.72 Å². The molecule has 1 heterocycles. The van der Waals surface area contributed by atoms with E-state index in [-0.39, 0.29) is 16.4 Å². The van der Waals surface area contributed by atoms with Gasteiger partial charge in [-0.05, 0) is 67.6 Å². The monoisotopic (exact) mass is 452 g/mol. The van der Waals surface area contributed by atoms with Crippen LogP contribution < -0.4 is 4.72 Å². The summed E-state index contributed by atoms with van der Waals surface area (Å²) in [5.74, 6) is -0.442. The topological polar surface area (TPSA) is 96.3 Å². The fourth-order valence-electron chi connectivity index (χ4n) is 3.44. The van der Waals surface area contributed by atoms with Crippen molar-refractivity contribution in [1.29, 1.82) is 5.26 Å². The molecule has 6 nitrogen and oxygen atoms in total. The van der Waals surface area contributed by atoms with Gasteiger partial charge < -0.3 is 4.74 Å². The number of rotatable bonds is 6. The number of carbonyl (C=O) groups is 1. The second kappa shape index (κ2) is 8.17. The Morgan fingerprint density at radius 2 is 1.94 bits per heavy atom. The molecule has 2 aromatic carbocycles. The Kier molecular flexibility index (Phi) is 5.56. The lowest BCUT2D eigenvalue weighted by atomic mass is 10.1. The molecule has 1 N–H and O–H groups in total. The molecular formula is C23H20N2O4S2. The molecular weight excluding hydrogens is 432 g/mol. The lowest BCUT2D eigenvalue weighted by Crippen LogP contribution is -2.17. The van der Waals surface area contributed by atoms with Crippen molar-refractivity contribution in [3.05, 3.63) is 70.1 Å². The van der Waals surface area contributed by atoms with Crippen LogP contribution in [0, 0.1) is 18.3 Å². The zero-order chi connectivity index (χ0) is 22.2. The lowest BCUT2D eigenvalue weighted by molar-refractivity contribution is 0.0600. The van der Waals surface area contributed by atoms with Gasteiger partial charge in [0.1, 0.15) is 0 Å². The van der Waals surface area contributed by atoms with Crippen LogP contribution in [0.25, 0.3) is 10.4 Å². The quantitative estimate of drug-likeness (QED) is 0.527. The van der Waals surface area contributed by atoms with Gasteiger partial charge in [0, 0.05) is 15.3 Å². The van der Waals surface area contributed by atoms with Gasteiger partial charge in [-0.25, -0.2) is 13.2 Å². The van der Waals surface area contributed by atoms with E-state index in [1.165, 1.54) is 30.6 Å². The van der Waals surface area contributed by atoms with Crippen LogP contribution in [-0.2, 0) is 14.8 Å². The molecule has 0 spiro atoms. The minimum absolute atomic E-state index is 0.0635. The van der Waals surface area contributed by atoms with Gasteiger partial charge in [-0.15, -0.1) is 11.3 Å². The third kappa shape index (κ3) is 4.33. The van der Waals surface area contributed by atoms with Gasteiger partial charge in [-0.2, -0.15) is 5.26 Å². The van der Waals surface area contributed by atoms with E-state index >= 15 is 0 Å². The van der Waals surface area contributed by atoms with Crippen LogP contribution in [0.2, 0.25) is 0 Å². The Bertz CT molecular complexity index is 1320. The molecule has 1 saturated carbocycles. The summed E-state index contributed by atoms with van der Waals surface area (Å²) in [4.78, 5) is 14.1. The minimum atomic E-state index is -4.02. The summed E-state index contributed by atoms with van der Waals surface area (Å²) in [6.07, 6.45) is 1.81. The summed E-state index contributed by atoms with van der Waals surface area (Å²) in [5, 5.41) is 9.32. The standard InChI is InChI=1S/C23H20N2O4S2/c1-14-3-10-21(30-14)19-8-4-15(13-24)11-20(19)25-31(27,28)22-12-17(23(26)29-2)7-9-18(22)16-5-6-16/h3-4,7-12,16,25H,5-6H2,1-2H3. The van der Waals surface area contributed by atoms with Crippen molar-refractivity contribution in [1.82, 2.24) is 0 Å². The molecule has 0 radical (unpaired) electrons. The zero-order valence-electron chi connectivity index (χ0n) is 17.0. The summed E-state index contributed by atoms with van der Waals surface area (Å²) in [6, 6.07) is 15.5. The first-order valence-corrected chi connectivity index (χ1v) is 12.0. The number of methoxy groups -OCH3 is 1. The summed E-state index contributed by atoms with van der Waals surface area (Å²) in [6.45, 7) is 1.97. The number of ether oxygens (including phenoxy) is 1. The molecule has 0 atom stereocenters. The number of esters is 1. The second-order valence-corrected chi connectivity index (χ2v) is 10.3. The number of hydrogen-bond acceptors (Lipinski definition) is 6. The van der Waals surface area contributed by atoms with E-state index in [1.54, 1.807) is 24.3 Å². The molecule has 0 amide bonds. The van der Waals surface area contributed by atoms with Crippen LogP contribution in [-0.4, -0.2) is 21.5 Å². The van der Waals surface area contributed by atoms with Gasteiger partial charge in [0.25, 0.3) is 10.0 Å². The maximum Gasteiger partial charge on any atom is 0.337 e. The summed E-state index contributed by atoms with van der Waals surface area (Å²) in [7, 11) is -2.77. The van der Waals surface area contributed by atoms with Crippen LogP contribution in [0.4, 0.5) is 5.69 Å². The van der Waals surface area contributed by atoms with E-state index in [2.05, 4.69) is 10.8 Å². The van der Waals surface area contributed by atoms with E-state index in [9.17, 15) is 18.5 Å². The number of aryl methyl sites for hydroxylation is 1. The van der Waals surface area contributed by atoms with Crippen LogP contribution in [0.5, 0.6) is 0 Å². The smallest absolute Gasteiger partial charge is 0.337 e. The Hall–Kier alpha value is -3.15. The van der Waals surface area contributed by atoms with E-state index in [4.69, 9.17) is 4.74 Å². The minimum Gasteiger partial charge on any atom is -0.465 e. The molecule has 8 heteroatoms. The number of nitrogens with one attached hydrogen (secondary N) is 1. The van der Waals surface area contributed by atoms with Crippen molar-refractivity contribution >= 4 is 33.0 Å². The molecule has 0 bridgehead atoms. The number of thiophene rings is 1. The number of nitriles is 1. The normalized spacial score (nSPS) is 13.5. The maximum atomic E-state index is 13.5. The highest BCUT2D eigenvalue weighted by atomic mass is 32.2. The molecule has 0 saturated heterocycles. The van der Waals surface area contributed by atoms with Gasteiger partial charge in [0.2, 0.25) is 0 Å². The van der Waals surface area contributed by atoms with Gasteiger partial charge in [-0.1, -0.05) is 12.1 Å². The fourth-order valence-corrected chi connectivity index (χ4v) is 5.74. The highest BCUT2D eigenvalue weighted by Gasteiger charge is 2.31.